The SMILES string of the molecule is NC(N)=NCCC[C@@H]1NC(=O)[C@H](Cc2ccccc2)NC(=O)[C@H](Cc2ccc(O)cc2)NC(=O)[C@H](CC(=O)O)NC(=O)CNC1=O. The molecule has 3 rings (SSSR count). The number of carboxylic acids is 1. The van der Waals surface area contributed by atoms with Crippen molar-refractivity contribution in [1.29, 1.82) is 0 Å². The van der Waals surface area contributed by atoms with E-state index in [9.17, 15) is 39.0 Å². The van der Waals surface area contributed by atoms with Crippen LogP contribution in [0.3, 0.4) is 0 Å². The molecule has 0 aliphatic carbocycles. The summed E-state index contributed by atoms with van der Waals surface area (Å²) in [4.78, 5) is 82.0. The van der Waals surface area contributed by atoms with Crippen molar-refractivity contribution in [2.75, 3.05) is 13.1 Å². The maximum absolute atomic E-state index is 13.8. The second-order valence-electron chi connectivity index (χ2n) is 10.6. The third-order valence-corrected chi connectivity index (χ3v) is 6.96. The number of carboxylic acid groups (broad SMARTS) is 1. The Morgan fingerprint density at radius 3 is 1.85 bits per heavy atom. The molecular formula is C30H38N8O8. The molecule has 0 spiro atoms. The molecule has 0 radical (unpaired) electrons. The fourth-order valence-electron chi connectivity index (χ4n) is 4.65. The molecule has 11 N–H and O–H groups in total. The predicted molar refractivity (Wildman–Crippen MR) is 165 cm³/mol. The fraction of sp³-hybridized carbons (Fsp3) is 0.367. The van der Waals surface area contributed by atoms with Gasteiger partial charge in [-0.05, 0) is 36.1 Å². The predicted octanol–water partition coefficient (Wildman–Crippen LogP) is -2.23. The van der Waals surface area contributed by atoms with Crippen LogP contribution in [-0.2, 0) is 41.6 Å². The highest BCUT2D eigenvalue weighted by Crippen LogP contribution is 2.13. The summed E-state index contributed by atoms with van der Waals surface area (Å²) in [7, 11) is 0. The van der Waals surface area contributed by atoms with Crippen LogP contribution in [0.15, 0.2) is 59.6 Å². The van der Waals surface area contributed by atoms with Crippen LogP contribution in [0.4, 0.5) is 0 Å². The summed E-state index contributed by atoms with van der Waals surface area (Å²) in [6.45, 7) is -0.486. The van der Waals surface area contributed by atoms with Crippen LogP contribution in [0.2, 0.25) is 0 Å². The number of phenolic OH excluding ortho intramolecular Hbond substituents is 1. The van der Waals surface area contributed by atoms with Gasteiger partial charge in [-0.25, -0.2) is 0 Å². The van der Waals surface area contributed by atoms with Gasteiger partial charge in [0.05, 0.1) is 13.0 Å². The number of aliphatic carboxylic acids is 1. The summed E-state index contributed by atoms with van der Waals surface area (Å²) in [5.41, 5.74) is 12.0. The first-order valence-electron chi connectivity index (χ1n) is 14.5. The molecule has 1 aliphatic heterocycles. The number of carbonyl (C=O) groups excluding carboxylic acids is 5. The molecule has 1 heterocycles. The van der Waals surface area contributed by atoms with Gasteiger partial charge in [0, 0.05) is 19.4 Å². The lowest BCUT2D eigenvalue weighted by Gasteiger charge is -2.26. The highest BCUT2D eigenvalue weighted by atomic mass is 16.4. The zero-order valence-electron chi connectivity index (χ0n) is 24.9. The van der Waals surface area contributed by atoms with Crippen LogP contribution in [-0.4, -0.2) is 88.9 Å². The van der Waals surface area contributed by atoms with Crippen molar-refractivity contribution in [2.24, 2.45) is 16.5 Å². The van der Waals surface area contributed by atoms with Crippen LogP contribution in [0, 0.1) is 0 Å². The van der Waals surface area contributed by atoms with Crippen molar-refractivity contribution in [1.82, 2.24) is 26.6 Å². The number of aromatic hydroxyl groups is 1. The topological polar surface area (TPSA) is 267 Å². The van der Waals surface area contributed by atoms with E-state index in [1.807, 2.05) is 0 Å². The summed E-state index contributed by atoms with van der Waals surface area (Å²) >= 11 is 0. The molecule has 5 amide bonds. The molecule has 0 unspecified atom stereocenters. The molecule has 46 heavy (non-hydrogen) atoms. The van der Waals surface area contributed by atoms with E-state index in [0.29, 0.717) is 11.1 Å². The molecule has 16 nitrogen and oxygen atoms in total. The Balaban J connectivity index is 2.00. The standard InChI is InChI=1S/C30H38N8O8/c31-30(32)33-12-4-7-20-26(43)34-16-24(40)35-23(15-25(41)42)29(46)38-22(14-18-8-10-19(39)11-9-18)28(45)37-21(27(44)36-20)13-17-5-2-1-3-6-17/h1-3,5-6,8-11,20-23,39H,4,7,12-16H2,(H,34,43)(H,35,40)(H,36,44)(H,37,45)(H,38,46)(H,41,42)(H4,31,32,33)/t20-,21-,22-,23-/m0/s1. The minimum atomic E-state index is -1.60. The van der Waals surface area contributed by atoms with Gasteiger partial charge in [0.25, 0.3) is 0 Å². The molecule has 0 aromatic heterocycles. The summed E-state index contributed by atoms with van der Waals surface area (Å²) in [6, 6.07) is 9.28. The average molecular weight is 639 g/mol. The van der Waals surface area contributed by atoms with Gasteiger partial charge in [-0.1, -0.05) is 42.5 Å². The molecule has 246 valence electrons. The van der Waals surface area contributed by atoms with Crippen LogP contribution in [0.25, 0.3) is 0 Å². The quantitative estimate of drug-likeness (QED) is 0.0768. The normalized spacial score (nSPS) is 21.3. The number of phenols is 1. The van der Waals surface area contributed by atoms with Gasteiger partial charge in [0.15, 0.2) is 5.96 Å². The molecular weight excluding hydrogens is 600 g/mol. The number of guanidine groups is 1. The third kappa shape index (κ3) is 11.4. The smallest absolute Gasteiger partial charge is 0.305 e. The largest absolute Gasteiger partial charge is 0.508 e. The Kier molecular flexibility index (Phi) is 12.9. The van der Waals surface area contributed by atoms with E-state index in [-0.39, 0.29) is 43.9 Å². The van der Waals surface area contributed by atoms with Gasteiger partial charge in [-0.15, -0.1) is 0 Å². The van der Waals surface area contributed by atoms with Crippen molar-refractivity contribution in [2.45, 2.75) is 56.3 Å². The number of nitrogens with one attached hydrogen (secondary N) is 5. The molecule has 0 saturated carbocycles. The maximum Gasteiger partial charge on any atom is 0.305 e. The van der Waals surface area contributed by atoms with Gasteiger partial charge in [0.2, 0.25) is 29.5 Å². The molecule has 2 aromatic rings. The molecule has 16 heteroatoms. The monoisotopic (exact) mass is 638 g/mol. The number of nitrogens with two attached hydrogens (primary N) is 2. The van der Waals surface area contributed by atoms with E-state index in [1.165, 1.54) is 24.3 Å². The molecule has 1 aliphatic rings. The summed E-state index contributed by atoms with van der Waals surface area (Å²) in [6.07, 6.45) is -0.580. The van der Waals surface area contributed by atoms with Crippen LogP contribution in [0.1, 0.15) is 30.4 Å². The summed E-state index contributed by atoms with van der Waals surface area (Å²) in [5, 5.41) is 31.6. The second kappa shape index (κ2) is 17.0. The Hall–Kier alpha value is -5.67. The Morgan fingerprint density at radius 1 is 0.739 bits per heavy atom. The first-order valence-corrected chi connectivity index (χ1v) is 14.5. The number of hydrogen-bond acceptors (Lipinski definition) is 8. The average Bonchev–Trinajstić information content (AvgIpc) is 3.01. The van der Waals surface area contributed by atoms with Gasteiger partial charge >= 0.3 is 5.97 Å². The second-order valence-corrected chi connectivity index (χ2v) is 10.6. The van der Waals surface area contributed by atoms with Crippen molar-refractivity contribution in [3.8, 4) is 5.75 Å². The van der Waals surface area contributed by atoms with Gasteiger partial charge < -0.3 is 48.3 Å². The van der Waals surface area contributed by atoms with E-state index in [1.54, 1.807) is 30.3 Å². The fourth-order valence-corrected chi connectivity index (χ4v) is 4.65. The first-order chi connectivity index (χ1) is 21.9. The lowest BCUT2D eigenvalue weighted by molar-refractivity contribution is -0.141. The lowest BCUT2D eigenvalue weighted by Crippen LogP contribution is -2.58. The molecule has 1 saturated heterocycles. The third-order valence-electron chi connectivity index (χ3n) is 6.96. The van der Waals surface area contributed by atoms with E-state index >= 15 is 0 Å². The van der Waals surface area contributed by atoms with Crippen LogP contribution < -0.4 is 38.1 Å². The Morgan fingerprint density at radius 2 is 1.28 bits per heavy atom. The maximum atomic E-state index is 13.8. The minimum Gasteiger partial charge on any atom is -0.508 e. The van der Waals surface area contributed by atoms with Crippen LogP contribution in [0.5, 0.6) is 5.75 Å². The van der Waals surface area contributed by atoms with Crippen molar-refractivity contribution >= 4 is 41.5 Å². The van der Waals surface area contributed by atoms with Gasteiger partial charge in [-0.2, -0.15) is 0 Å². The minimum absolute atomic E-state index is 0.0162. The highest BCUT2D eigenvalue weighted by molar-refractivity contribution is 5.98. The van der Waals surface area contributed by atoms with Crippen molar-refractivity contribution < 1.29 is 39.0 Å². The van der Waals surface area contributed by atoms with Gasteiger partial charge in [-0.3, -0.25) is 33.8 Å². The van der Waals surface area contributed by atoms with E-state index < -0.39 is 72.6 Å². The number of amides is 5. The van der Waals surface area contributed by atoms with E-state index in [0.717, 1.165) is 0 Å². The van der Waals surface area contributed by atoms with E-state index in [4.69, 9.17) is 11.5 Å². The number of rotatable bonds is 10. The summed E-state index contributed by atoms with van der Waals surface area (Å²) in [5.74, 6) is -5.68. The number of nitrogens with zero attached hydrogens (tertiary/aromatic N) is 1. The first kappa shape index (κ1) is 34.8. The number of carbonyl (C=O) groups is 6. The Bertz CT molecular complexity index is 1430. The van der Waals surface area contributed by atoms with Crippen molar-refractivity contribution in [3.05, 3.63) is 65.7 Å². The number of benzene rings is 2. The highest BCUT2D eigenvalue weighted by Gasteiger charge is 2.33. The summed E-state index contributed by atoms with van der Waals surface area (Å²) < 4.78 is 0. The molecule has 4 atom stereocenters. The molecule has 0 bridgehead atoms. The number of aliphatic imine (C=N–C) groups is 1. The van der Waals surface area contributed by atoms with Crippen molar-refractivity contribution in [3.63, 3.8) is 0 Å². The zero-order valence-corrected chi connectivity index (χ0v) is 24.9. The lowest BCUT2D eigenvalue weighted by atomic mass is 10.0. The zero-order chi connectivity index (χ0) is 33.6. The van der Waals surface area contributed by atoms with Gasteiger partial charge in [0.1, 0.15) is 29.9 Å². The number of hydrogen-bond donors (Lipinski definition) is 9. The molecule has 1 fully saturated rings. The Labute approximate surface area is 264 Å². The van der Waals surface area contributed by atoms with Crippen LogP contribution >= 0.6 is 0 Å². The molecule has 2 aromatic carbocycles. The van der Waals surface area contributed by atoms with E-state index in [2.05, 4.69) is 31.6 Å².